The molecule has 1 aliphatic heterocycles. The lowest BCUT2D eigenvalue weighted by Gasteiger charge is -2.44. The van der Waals surface area contributed by atoms with Gasteiger partial charge >= 0.3 is 0 Å². The van der Waals surface area contributed by atoms with E-state index in [1.807, 2.05) is 0 Å². The number of fused-ring (bicyclic) bond motifs is 9. The predicted molar refractivity (Wildman–Crippen MR) is 319 cm³/mol. The SMILES string of the molecule is CCCCCCc1cc(-c2cc3c(cc2Nc2ccc4c(c2)C(C)(C)CCC4(C)C)C(C)(C)CCC3(C)C)c2c(c1)N(c1cc3c(cc1C)C(C)(C)CCC3(C)C)c1ccc3c(c1B2)C(C)(C)c1ccccc1-3. The fourth-order valence-corrected chi connectivity index (χ4v) is 14.9. The van der Waals surface area contributed by atoms with Crippen LogP contribution in [0.3, 0.4) is 0 Å². The number of hydrogen-bond donors (Lipinski definition) is 1. The van der Waals surface area contributed by atoms with Gasteiger partial charge in [-0.3, -0.25) is 0 Å². The number of anilines is 5. The summed E-state index contributed by atoms with van der Waals surface area (Å²) in [5, 5.41) is 4.26. The molecule has 380 valence electrons. The molecule has 0 atom stereocenters. The summed E-state index contributed by atoms with van der Waals surface area (Å²) in [6.07, 6.45) is 13.2. The topological polar surface area (TPSA) is 15.3 Å². The van der Waals surface area contributed by atoms with E-state index >= 15 is 0 Å². The molecule has 73 heavy (non-hydrogen) atoms. The zero-order valence-corrected chi connectivity index (χ0v) is 48.1. The van der Waals surface area contributed by atoms with Crippen LogP contribution < -0.4 is 21.1 Å². The summed E-state index contributed by atoms with van der Waals surface area (Å²) in [7, 11) is 0.878. The van der Waals surface area contributed by atoms with Crippen molar-refractivity contribution in [1.82, 2.24) is 0 Å². The number of hydrogen-bond acceptors (Lipinski definition) is 2. The minimum absolute atomic E-state index is 0.0491. The molecule has 0 saturated heterocycles. The first-order valence-electron chi connectivity index (χ1n) is 28.8. The molecular formula is C70H87BN2. The van der Waals surface area contributed by atoms with Crippen molar-refractivity contribution in [2.75, 3.05) is 10.2 Å². The van der Waals surface area contributed by atoms with Gasteiger partial charge in [0.1, 0.15) is 0 Å². The van der Waals surface area contributed by atoms with Crippen LogP contribution in [0.4, 0.5) is 28.4 Å². The fraction of sp³-hybridized carbons (Fsp3) is 0.486. The maximum absolute atomic E-state index is 4.26. The highest BCUT2D eigenvalue weighted by atomic mass is 15.2. The molecule has 4 aliphatic carbocycles. The molecule has 6 aromatic carbocycles. The van der Waals surface area contributed by atoms with Crippen molar-refractivity contribution in [3.05, 3.63) is 147 Å². The molecule has 0 amide bonds. The monoisotopic (exact) mass is 967 g/mol. The molecular weight excluding hydrogens is 880 g/mol. The van der Waals surface area contributed by atoms with Gasteiger partial charge in [-0.25, -0.2) is 0 Å². The summed E-state index contributed by atoms with van der Waals surface area (Å²) in [6, 6.07) is 37.5. The quantitative estimate of drug-likeness (QED) is 0.115. The highest BCUT2D eigenvalue weighted by Gasteiger charge is 2.44. The minimum atomic E-state index is -0.153. The average molecular weight is 967 g/mol. The highest BCUT2D eigenvalue weighted by Crippen LogP contribution is 2.55. The van der Waals surface area contributed by atoms with Crippen molar-refractivity contribution in [3.63, 3.8) is 0 Å². The van der Waals surface area contributed by atoms with Crippen LogP contribution >= 0.6 is 0 Å². The van der Waals surface area contributed by atoms with Crippen molar-refractivity contribution in [2.45, 2.75) is 219 Å². The molecule has 0 unspecified atom stereocenters. The van der Waals surface area contributed by atoms with E-state index in [0.717, 1.165) is 13.7 Å². The van der Waals surface area contributed by atoms with Gasteiger partial charge in [-0.1, -0.05) is 177 Å². The molecule has 0 radical (unpaired) electrons. The Morgan fingerprint density at radius 3 is 1.67 bits per heavy atom. The van der Waals surface area contributed by atoms with Crippen LogP contribution in [0.15, 0.2) is 91.0 Å². The summed E-state index contributed by atoms with van der Waals surface area (Å²) >= 11 is 0. The second-order valence-electron chi connectivity index (χ2n) is 28.4. The van der Waals surface area contributed by atoms with Gasteiger partial charge in [-0.05, 0) is 211 Å². The standard InChI is InChI=1S/C70H87BN2/c1-17-18-19-20-23-44-37-49(48-40-54-55(68(11,12)34-33-67(54,9)10)41-57(48)72-45-26-28-51-53(39-45)66(7,8)31-30-64(51,3)4)62-60(38-44)73(59-42-56-52(36-43(59)2)65(5,6)32-35-69(56,13)14)58-29-27-47-46-24-21-22-25-50(46)70(15,16)61(47)63(58)71-62/h21-22,24-29,36-42,71-72H,17-20,23,30-35H2,1-16H3. The van der Waals surface area contributed by atoms with E-state index in [2.05, 4.69) is 212 Å². The average Bonchev–Trinajstić information content (AvgIpc) is 3.57. The Hall–Kier alpha value is -5.02. The highest BCUT2D eigenvalue weighted by molar-refractivity contribution is 6.74. The Bertz CT molecular complexity index is 3220. The third-order valence-electron chi connectivity index (χ3n) is 20.1. The Morgan fingerprint density at radius 2 is 1.03 bits per heavy atom. The summed E-state index contributed by atoms with van der Waals surface area (Å²) in [5.41, 5.74) is 30.2. The predicted octanol–water partition coefficient (Wildman–Crippen LogP) is 18.1. The van der Waals surface area contributed by atoms with E-state index in [1.165, 1.54) is 181 Å². The largest absolute Gasteiger partial charge is 0.355 e. The molecule has 0 saturated carbocycles. The molecule has 6 aromatic rings. The fourth-order valence-electron chi connectivity index (χ4n) is 14.9. The molecule has 2 nitrogen and oxygen atoms in total. The van der Waals surface area contributed by atoms with Gasteiger partial charge in [0, 0.05) is 39.4 Å². The molecule has 1 heterocycles. The van der Waals surface area contributed by atoms with E-state index in [-0.39, 0.29) is 37.9 Å². The molecule has 0 fully saturated rings. The van der Waals surface area contributed by atoms with Crippen LogP contribution in [0.1, 0.15) is 224 Å². The van der Waals surface area contributed by atoms with Gasteiger partial charge in [0.25, 0.3) is 0 Å². The molecule has 0 bridgehead atoms. The minimum Gasteiger partial charge on any atom is -0.355 e. The van der Waals surface area contributed by atoms with Crippen molar-refractivity contribution >= 4 is 46.6 Å². The maximum atomic E-state index is 4.26. The molecule has 3 heteroatoms. The van der Waals surface area contributed by atoms with E-state index in [9.17, 15) is 0 Å². The summed E-state index contributed by atoms with van der Waals surface area (Å²) in [4.78, 5) is 2.77. The lowest BCUT2D eigenvalue weighted by atomic mass is 9.54. The summed E-state index contributed by atoms with van der Waals surface area (Å²) in [6.45, 7) is 39.5. The van der Waals surface area contributed by atoms with Gasteiger partial charge in [0.05, 0.1) is 0 Å². The second-order valence-corrected chi connectivity index (χ2v) is 28.4. The van der Waals surface area contributed by atoms with Gasteiger partial charge in [-0.15, -0.1) is 0 Å². The van der Waals surface area contributed by atoms with Gasteiger partial charge < -0.3 is 10.2 Å². The first-order valence-corrected chi connectivity index (χ1v) is 28.8. The summed E-state index contributed by atoms with van der Waals surface area (Å²) in [5.74, 6) is 0. The van der Waals surface area contributed by atoms with Crippen molar-refractivity contribution < 1.29 is 0 Å². The van der Waals surface area contributed by atoms with E-state index in [0.29, 0.717) is 0 Å². The van der Waals surface area contributed by atoms with Crippen LogP contribution in [-0.4, -0.2) is 7.28 Å². The molecule has 1 N–H and O–H groups in total. The van der Waals surface area contributed by atoms with Gasteiger partial charge in [-0.2, -0.15) is 0 Å². The smallest absolute Gasteiger partial charge is 0.199 e. The number of unbranched alkanes of at least 4 members (excludes halogenated alkanes) is 3. The third kappa shape index (κ3) is 8.09. The van der Waals surface area contributed by atoms with Crippen molar-refractivity contribution in [2.24, 2.45) is 0 Å². The Kier molecular flexibility index (Phi) is 11.7. The zero-order valence-electron chi connectivity index (χ0n) is 48.1. The number of nitrogens with one attached hydrogen (secondary N) is 1. The maximum Gasteiger partial charge on any atom is 0.199 e. The number of nitrogens with zero attached hydrogens (tertiary/aromatic N) is 1. The molecule has 11 rings (SSSR count). The van der Waals surface area contributed by atoms with Crippen LogP contribution in [0.2, 0.25) is 0 Å². The molecule has 5 aliphatic rings. The first-order chi connectivity index (χ1) is 34.3. The van der Waals surface area contributed by atoms with Crippen molar-refractivity contribution in [1.29, 1.82) is 0 Å². The number of benzene rings is 6. The molecule has 0 spiro atoms. The van der Waals surface area contributed by atoms with Crippen LogP contribution in [0, 0.1) is 6.92 Å². The lowest BCUT2D eigenvalue weighted by Crippen LogP contribution is -2.45. The van der Waals surface area contributed by atoms with E-state index in [4.69, 9.17) is 0 Å². The number of rotatable bonds is 9. The zero-order chi connectivity index (χ0) is 52.0. The van der Waals surface area contributed by atoms with Crippen LogP contribution in [0.25, 0.3) is 22.3 Å². The van der Waals surface area contributed by atoms with Gasteiger partial charge in [0.15, 0.2) is 7.28 Å². The summed E-state index contributed by atoms with van der Waals surface area (Å²) < 4.78 is 0. The first kappa shape index (κ1) is 50.2. The van der Waals surface area contributed by atoms with Crippen LogP contribution in [-0.2, 0) is 44.3 Å². The number of aryl methyl sites for hydroxylation is 2. The van der Waals surface area contributed by atoms with Crippen LogP contribution in [0.5, 0.6) is 0 Å². The van der Waals surface area contributed by atoms with E-state index < -0.39 is 0 Å². The third-order valence-corrected chi connectivity index (χ3v) is 20.1. The van der Waals surface area contributed by atoms with Gasteiger partial charge in [0.2, 0.25) is 0 Å². The lowest BCUT2D eigenvalue weighted by molar-refractivity contribution is 0.332. The van der Waals surface area contributed by atoms with E-state index in [1.54, 1.807) is 0 Å². The van der Waals surface area contributed by atoms with Crippen molar-refractivity contribution in [3.8, 4) is 22.3 Å². The Labute approximate surface area is 442 Å². The Morgan fingerprint density at radius 1 is 0.452 bits per heavy atom. The normalized spacial score (nSPS) is 20.3. The molecule has 0 aromatic heterocycles. The Balaban J connectivity index is 1.21. The second kappa shape index (κ2) is 17.0.